The van der Waals surface area contributed by atoms with E-state index in [1.165, 1.54) is 12.5 Å². The molecule has 1 N–H and O–H groups in total. The van der Waals surface area contributed by atoms with Gasteiger partial charge in [0.2, 0.25) is 0 Å². The molecule has 0 radical (unpaired) electrons. The molecule has 0 saturated heterocycles. The summed E-state index contributed by atoms with van der Waals surface area (Å²) < 4.78 is 33.3. The molecule has 30 heavy (non-hydrogen) atoms. The Balaban J connectivity index is 2.06. The monoisotopic (exact) mass is 434 g/mol. The number of benzene rings is 2. The Labute approximate surface area is 179 Å². The molecule has 2 aromatic carbocycles. The Hall–Kier alpha value is -2.58. The highest BCUT2D eigenvalue weighted by Gasteiger charge is 2.15. The molecule has 2 amide bonds. The topological polar surface area (TPSA) is 84.9 Å². The fourth-order valence-corrected chi connectivity index (χ4v) is 3.21. The van der Waals surface area contributed by atoms with Gasteiger partial charge in [0.05, 0.1) is 12.4 Å². The van der Waals surface area contributed by atoms with Crippen molar-refractivity contribution in [3.8, 4) is 5.75 Å². The number of hydrogen-bond donors (Lipinski definition) is 1. The fraction of sp³-hybridized carbons (Fsp3) is 0.409. The average molecular weight is 435 g/mol. The number of hydrogen-bond acceptors (Lipinski definition) is 5. The van der Waals surface area contributed by atoms with Crippen molar-refractivity contribution in [3.63, 3.8) is 0 Å². The van der Waals surface area contributed by atoms with Crippen LogP contribution < -0.4 is 9.50 Å². The Kier molecular flexibility index (Phi) is 8.68. The van der Waals surface area contributed by atoms with Crippen molar-refractivity contribution < 1.29 is 22.1 Å². The van der Waals surface area contributed by atoms with E-state index in [0.717, 1.165) is 11.3 Å². The van der Waals surface area contributed by atoms with Crippen LogP contribution in [0.3, 0.4) is 0 Å². The van der Waals surface area contributed by atoms with Gasteiger partial charge in [-0.25, -0.2) is 4.79 Å². The molecule has 0 aliphatic heterocycles. The highest BCUT2D eigenvalue weighted by molar-refractivity contribution is 7.87. The lowest BCUT2D eigenvalue weighted by Gasteiger charge is -2.23. The minimum atomic E-state index is -3.57. The van der Waals surface area contributed by atoms with Gasteiger partial charge in [0, 0.05) is 25.9 Å². The van der Waals surface area contributed by atoms with E-state index >= 15 is 0 Å². The van der Waals surface area contributed by atoms with Crippen molar-refractivity contribution in [2.75, 3.05) is 31.3 Å². The molecular formula is C22H30N2O5S. The second-order valence-corrected chi connectivity index (χ2v) is 9.05. The molecule has 0 fully saturated rings. The number of carbonyl (C=O) groups is 1. The Morgan fingerprint density at radius 1 is 1.07 bits per heavy atom. The van der Waals surface area contributed by atoms with Crippen molar-refractivity contribution in [2.45, 2.75) is 33.2 Å². The number of anilines is 1. The average Bonchev–Trinajstić information content (AvgIpc) is 2.72. The maximum absolute atomic E-state index is 12.8. The second-order valence-electron chi connectivity index (χ2n) is 7.19. The minimum Gasteiger partial charge on any atom is -0.383 e. The first-order chi connectivity index (χ1) is 14.2. The van der Waals surface area contributed by atoms with Crippen LogP contribution in [0.15, 0.2) is 48.5 Å². The van der Waals surface area contributed by atoms with E-state index in [-0.39, 0.29) is 17.5 Å². The Bertz CT molecular complexity index is 910. The van der Waals surface area contributed by atoms with Crippen molar-refractivity contribution in [2.24, 2.45) is 0 Å². The third-order valence-electron chi connectivity index (χ3n) is 4.55. The first-order valence-electron chi connectivity index (χ1n) is 9.90. The summed E-state index contributed by atoms with van der Waals surface area (Å²) in [6.07, 6.45) is 0. The summed E-state index contributed by atoms with van der Waals surface area (Å²) in [7, 11) is -1.98. The molecule has 0 aromatic heterocycles. The van der Waals surface area contributed by atoms with Crippen LogP contribution in [-0.4, -0.2) is 45.4 Å². The third kappa shape index (κ3) is 7.35. The molecule has 0 heterocycles. The normalized spacial score (nSPS) is 11.4. The number of nitrogens with one attached hydrogen (secondary N) is 1. The van der Waals surface area contributed by atoms with Gasteiger partial charge in [-0.1, -0.05) is 38.1 Å². The zero-order valence-corrected chi connectivity index (χ0v) is 18.7. The first kappa shape index (κ1) is 23.7. The summed E-state index contributed by atoms with van der Waals surface area (Å²) in [5.74, 6) is 0.573. The number of nitrogens with zero attached hydrogens (tertiary/aromatic N) is 1. The molecule has 164 valence electrons. The summed E-state index contributed by atoms with van der Waals surface area (Å²) >= 11 is 0. The summed E-state index contributed by atoms with van der Waals surface area (Å²) in [6.45, 7) is 6.92. The van der Waals surface area contributed by atoms with E-state index in [9.17, 15) is 13.2 Å². The molecule has 2 rings (SSSR count). The number of methoxy groups -OCH3 is 1. The van der Waals surface area contributed by atoms with Gasteiger partial charge in [-0.15, -0.1) is 0 Å². The quantitative estimate of drug-likeness (QED) is 0.566. The molecule has 2 aromatic rings. The number of rotatable bonds is 10. The van der Waals surface area contributed by atoms with Crippen molar-refractivity contribution in [3.05, 3.63) is 59.7 Å². The largest absolute Gasteiger partial charge is 0.383 e. The van der Waals surface area contributed by atoms with Crippen LogP contribution in [0.5, 0.6) is 5.75 Å². The molecule has 0 aliphatic rings. The number of carbonyl (C=O) groups excluding carboxylic acids is 1. The minimum absolute atomic E-state index is 0.0993. The maximum atomic E-state index is 12.8. The lowest BCUT2D eigenvalue weighted by Crippen LogP contribution is -2.36. The van der Waals surface area contributed by atoms with Gasteiger partial charge in [0.15, 0.2) is 0 Å². The molecule has 0 aliphatic carbocycles. The molecule has 8 heteroatoms. The number of amides is 2. The summed E-state index contributed by atoms with van der Waals surface area (Å²) in [5, 5.41) is 2.91. The van der Waals surface area contributed by atoms with Gasteiger partial charge in [0.25, 0.3) is 0 Å². The SMILES string of the molecule is CCS(=O)(=O)Oc1ccc(CN(CCOC)C(=O)Nc2ccc(C(C)C)cc2)cc1. The zero-order chi connectivity index (χ0) is 22.1. The summed E-state index contributed by atoms with van der Waals surface area (Å²) in [4.78, 5) is 14.4. The zero-order valence-electron chi connectivity index (χ0n) is 17.9. The van der Waals surface area contributed by atoms with Gasteiger partial charge in [-0.3, -0.25) is 0 Å². The van der Waals surface area contributed by atoms with Crippen LogP contribution in [-0.2, 0) is 21.4 Å². The lowest BCUT2D eigenvalue weighted by atomic mass is 10.0. The van der Waals surface area contributed by atoms with E-state index in [4.69, 9.17) is 8.92 Å². The van der Waals surface area contributed by atoms with Crippen LogP contribution >= 0.6 is 0 Å². The Morgan fingerprint density at radius 2 is 1.70 bits per heavy atom. The van der Waals surface area contributed by atoms with Crippen molar-refractivity contribution in [1.29, 1.82) is 0 Å². The molecule has 0 atom stereocenters. The van der Waals surface area contributed by atoms with Gasteiger partial charge < -0.3 is 19.1 Å². The van der Waals surface area contributed by atoms with Crippen molar-refractivity contribution in [1.82, 2.24) is 4.90 Å². The van der Waals surface area contributed by atoms with E-state index in [0.29, 0.717) is 25.6 Å². The standard InChI is InChI=1S/C22H30N2O5S/c1-5-30(26,27)29-21-12-6-18(7-13-21)16-24(14-15-28-4)22(25)23-20-10-8-19(9-11-20)17(2)3/h6-13,17H,5,14-16H2,1-4H3,(H,23,25). The predicted molar refractivity (Wildman–Crippen MR) is 118 cm³/mol. The van der Waals surface area contributed by atoms with Crippen LogP contribution in [0.25, 0.3) is 0 Å². The predicted octanol–water partition coefficient (Wildman–Crippen LogP) is 4.22. The van der Waals surface area contributed by atoms with Gasteiger partial charge >= 0.3 is 16.1 Å². The molecular weight excluding hydrogens is 404 g/mol. The van der Waals surface area contributed by atoms with Crippen LogP contribution in [0.1, 0.15) is 37.8 Å². The highest BCUT2D eigenvalue weighted by Crippen LogP contribution is 2.19. The molecule has 0 saturated carbocycles. The number of ether oxygens (including phenoxy) is 1. The summed E-state index contributed by atoms with van der Waals surface area (Å²) in [6, 6.07) is 14.2. The van der Waals surface area contributed by atoms with Gasteiger partial charge in [0.1, 0.15) is 5.75 Å². The molecule has 0 unspecified atom stereocenters. The van der Waals surface area contributed by atoms with E-state index in [1.54, 1.807) is 36.3 Å². The van der Waals surface area contributed by atoms with E-state index in [2.05, 4.69) is 19.2 Å². The first-order valence-corrected chi connectivity index (χ1v) is 11.5. The highest BCUT2D eigenvalue weighted by atomic mass is 32.2. The van der Waals surface area contributed by atoms with Crippen LogP contribution in [0.2, 0.25) is 0 Å². The van der Waals surface area contributed by atoms with Crippen LogP contribution in [0, 0.1) is 0 Å². The van der Waals surface area contributed by atoms with Gasteiger partial charge in [-0.2, -0.15) is 8.42 Å². The lowest BCUT2D eigenvalue weighted by molar-refractivity contribution is 0.153. The summed E-state index contributed by atoms with van der Waals surface area (Å²) in [5.41, 5.74) is 2.77. The molecule has 0 bridgehead atoms. The van der Waals surface area contributed by atoms with Crippen LogP contribution in [0.4, 0.5) is 10.5 Å². The van der Waals surface area contributed by atoms with E-state index < -0.39 is 10.1 Å². The Morgan fingerprint density at radius 3 is 2.23 bits per heavy atom. The smallest absolute Gasteiger partial charge is 0.322 e. The van der Waals surface area contributed by atoms with Gasteiger partial charge in [-0.05, 0) is 48.2 Å². The number of urea groups is 1. The van der Waals surface area contributed by atoms with Crippen molar-refractivity contribution >= 4 is 21.8 Å². The fourth-order valence-electron chi connectivity index (χ4n) is 2.68. The molecule has 7 nitrogen and oxygen atoms in total. The molecule has 0 spiro atoms. The van der Waals surface area contributed by atoms with E-state index in [1.807, 2.05) is 24.3 Å². The third-order valence-corrected chi connectivity index (χ3v) is 5.71. The second kappa shape index (κ2) is 11.0. The maximum Gasteiger partial charge on any atom is 0.322 e.